The molecule has 1 heterocycles. The summed E-state index contributed by atoms with van der Waals surface area (Å²) in [5.74, 6) is 0.0532. The standard InChI is InChI=1S/C17H25NO3/c1-12-11-18(16(20)21-17(2,3)4)14(10-15(12)19)13-8-6-5-7-9-13/h5-9,12,14-15,19H,10-11H2,1-4H3/t12?,14-,15?/m1/s1. The van der Waals surface area contributed by atoms with E-state index in [4.69, 9.17) is 4.74 Å². The van der Waals surface area contributed by atoms with Crippen molar-refractivity contribution in [2.75, 3.05) is 6.54 Å². The molecule has 0 saturated carbocycles. The molecule has 2 rings (SSSR count). The Labute approximate surface area is 126 Å². The number of benzene rings is 1. The highest BCUT2D eigenvalue weighted by Gasteiger charge is 2.37. The van der Waals surface area contributed by atoms with Crippen LogP contribution in [0.3, 0.4) is 0 Å². The molecule has 1 fully saturated rings. The molecule has 0 aliphatic carbocycles. The summed E-state index contributed by atoms with van der Waals surface area (Å²) in [5.41, 5.74) is 0.520. The monoisotopic (exact) mass is 291 g/mol. The lowest BCUT2D eigenvalue weighted by molar-refractivity contribution is -0.0271. The van der Waals surface area contributed by atoms with E-state index in [1.54, 1.807) is 4.90 Å². The largest absolute Gasteiger partial charge is 0.444 e. The summed E-state index contributed by atoms with van der Waals surface area (Å²) in [5, 5.41) is 10.2. The van der Waals surface area contributed by atoms with Gasteiger partial charge in [-0.05, 0) is 38.7 Å². The third-order valence-corrected chi connectivity index (χ3v) is 3.79. The molecule has 0 spiro atoms. The second-order valence-electron chi connectivity index (χ2n) is 6.84. The lowest BCUT2D eigenvalue weighted by Gasteiger charge is -2.41. The van der Waals surface area contributed by atoms with Crippen LogP contribution in [0.4, 0.5) is 4.79 Å². The average Bonchev–Trinajstić information content (AvgIpc) is 2.40. The number of ether oxygens (including phenoxy) is 1. The number of hydrogen-bond acceptors (Lipinski definition) is 3. The molecular weight excluding hydrogens is 266 g/mol. The van der Waals surface area contributed by atoms with Crippen molar-refractivity contribution < 1.29 is 14.6 Å². The fraction of sp³-hybridized carbons (Fsp3) is 0.588. The molecule has 21 heavy (non-hydrogen) atoms. The van der Waals surface area contributed by atoms with Crippen LogP contribution in [0.15, 0.2) is 30.3 Å². The molecule has 1 saturated heterocycles. The van der Waals surface area contributed by atoms with Gasteiger partial charge in [-0.1, -0.05) is 37.3 Å². The van der Waals surface area contributed by atoms with Crippen LogP contribution in [0.5, 0.6) is 0 Å². The maximum absolute atomic E-state index is 12.5. The Hall–Kier alpha value is -1.55. The van der Waals surface area contributed by atoms with E-state index in [9.17, 15) is 9.90 Å². The van der Waals surface area contributed by atoms with E-state index in [1.165, 1.54) is 0 Å². The van der Waals surface area contributed by atoms with Crippen molar-refractivity contribution in [3.63, 3.8) is 0 Å². The summed E-state index contributed by atoms with van der Waals surface area (Å²) in [6, 6.07) is 9.70. The average molecular weight is 291 g/mol. The van der Waals surface area contributed by atoms with Crippen LogP contribution in [0.2, 0.25) is 0 Å². The Kier molecular flexibility index (Phi) is 4.57. The van der Waals surface area contributed by atoms with Gasteiger partial charge in [0.2, 0.25) is 0 Å². The van der Waals surface area contributed by atoms with Crippen molar-refractivity contribution in [1.82, 2.24) is 4.90 Å². The fourth-order valence-electron chi connectivity index (χ4n) is 2.66. The SMILES string of the molecule is CC1CN(C(=O)OC(C)(C)C)[C@@H](c2ccccc2)CC1O. The molecule has 0 bridgehead atoms. The minimum Gasteiger partial charge on any atom is -0.444 e. The Morgan fingerprint density at radius 2 is 1.90 bits per heavy atom. The second kappa shape index (κ2) is 6.06. The molecule has 1 amide bonds. The predicted molar refractivity (Wildman–Crippen MR) is 81.9 cm³/mol. The van der Waals surface area contributed by atoms with Crippen LogP contribution in [-0.4, -0.2) is 34.3 Å². The molecule has 1 aromatic carbocycles. The normalized spacial score (nSPS) is 26.5. The number of nitrogens with zero attached hydrogens (tertiary/aromatic N) is 1. The summed E-state index contributed by atoms with van der Waals surface area (Å²) in [7, 11) is 0. The predicted octanol–water partition coefficient (Wildman–Crippen LogP) is 3.37. The fourth-order valence-corrected chi connectivity index (χ4v) is 2.66. The Morgan fingerprint density at radius 1 is 1.29 bits per heavy atom. The Morgan fingerprint density at radius 3 is 2.48 bits per heavy atom. The molecule has 4 nitrogen and oxygen atoms in total. The van der Waals surface area contributed by atoms with E-state index in [0.717, 1.165) is 5.56 Å². The molecule has 0 radical (unpaired) electrons. The van der Waals surface area contributed by atoms with E-state index in [0.29, 0.717) is 13.0 Å². The van der Waals surface area contributed by atoms with Crippen molar-refractivity contribution >= 4 is 6.09 Å². The first kappa shape index (κ1) is 15.8. The van der Waals surface area contributed by atoms with Crippen LogP contribution in [-0.2, 0) is 4.74 Å². The van der Waals surface area contributed by atoms with Gasteiger partial charge in [-0.2, -0.15) is 0 Å². The summed E-state index contributed by atoms with van der Waals surface area (Å²) in [4.78, 5) is 14.2. The van der Waals surface area contributed by atoms with Crippen molar-refractivity contribution in [1.29, 1.82) is 0 Å². The van der Waals surface area contributed by atoms with Crippen LogP contribution < -0.4 is 0 Å². The van der Waals surface area contributed by atoms with E-state index in [1.807, 2.05) is 58.0 Å². The smallest absolute Gasteiger partial charge is 0.410 e. The van der Waals surface area contributed by atoms with Crippen LogP contribution in [0.25, 0.3) is 0 Å². The van der Waals surface area contributed by atoms with Gasteiger partial charge in [-0.25, -0.2) is 4.79 Å². The van der Waals surface area contributed by atoms with Crippen molar-refractivity contribution in [2.45, 2.75) is 51.9 Å². The quantitative estimate of drug-likeness (QED) is 0.863. The summed E-state index contributed by atoms with van der Waals surface area (Å²) < 4.78 is 5.52. The highest BCUT2D eigenvalue weighted by atomic mass is 16.6. The van der Waals surface area contributed by atoms with E-state index in [-0.39, 0.29) is 18.1 Å². The zero-order valence-electron chi connectivity index (χ0n) is 13.2. The first-order chi connectivity index (χ1) is 9.78. The van der Waals surface area contributed by atoms with Crippen LogP contribution in [0, 0.1) is 5.92 Å². The van der Waals surface area contributed by atoms with E-state index in [2.05, 4.69) is 0 Å². The van der Waals surface area contributed by atoms with Crippen LogP contribution >= 0.6 is 0 Å². The van der Waals surface area contributed by atoms with Crippen molar-refractivity contribution in [3.8, 4) is 0 Å². The maximum Gasteiger partial charge on any atom is 0.410 e. The highest BCUT2D eigenvalue weighted by Crippen LogP contribution is 2.34. The number of aliphatic hydroxyl groups excluding tert-OH is 1. The second-order valence-corrected chi connectivity index (χ2v) is 6.84. The molecule has 1 aliphatic rings. The number of rotatable bonds is 1. The molecule has 1 aliphatic heterocycles. The lowest BCUT2D eigenvalue weighted by atomic mass is 9.88. The zero-order chi connectivity index (χ0) is 15.6. The topological polar surface area (TPSA) is 49.8 Å². The first-order valence-corrected chi connectivity index (χ1v) is 7.50. The van der Waals surface area contributed by atoms with Gasteiger partial charge in [0, 0.05) is 6.54 Å². The minimum absolute atomic E-state index is 0.0532. The number of hydrogen-bond donors (Lipinski definition) is 1. The molecule has 1 N–H and O–H groups in total. The summed E-state index contributed by atoms with van der Waals surface area (Å²) in [6.45, 7) is 8.07. The number of amides is 1. The maximum atomic E-state index is 12.5. The highest BCUT2D eigenvalue weighted by molar-refractivity contribution is 5.69. The lowest BCUT2D eigenvalue weighted by Crippen LogP contribution is -2.48. The Bertz CT molecular complexity index is 481. The van der Waals surface area contributed by atoms with Gasteiger partial charge in [0.15, 0.2) is 0 Å². The van der Waals surface area contributed by atoms with Gasteiger partial charge >= 0.3 is 6.09 Å². The number of likely N-dealkylation sites (tertiary alicyclic amines) is 1. The van der Waals surface area contributed by atoms with Crippen molar-refractivity contribution in [3.05, 3.63) is 35.9 Å². The van der Waals surface area contributed by atoms with Gasteiger partial charge in [0.25, 0.3) is 0 Å². The van der Waals surface area contributed by atoms with Gasteiger partial charge in [0.05, 0.1) is 12.1 Å². The van der Waals surface area contributed by atoms with Crippen LogP contribution in [0.1, 0.15) is 45.7 Å². The number of carbonyl (C=O) groups excluding carboxylic acids is 1. The molecule has 4 heteroatoms. The molecule has 116 valence electrons. The summed E-state index contributed by atoms with van der Waals surface area (Å²) >= 11 is 0. The number of piperidine rings is 1. The first-order valence-electron chi connectivity index (χ1n) is 7.50. The van der Waals surface area contributed by atoms with E-state index >= 15 is 0 Å². The zero-order valence-corrected chi connectivity index (χ0v) is 13.2. The van der Waals surface area contributed by atoms with Gasteiger partial charge < -0.3 is 14.7 Å². The third kappa shape index (κ3) is 3.97. The number of aliphatic hydroxyl groups is 1. The van der Waals surface area contributed by atoms with Gasteiger partial charge in [-0.15, -0.1) is 0 Å². The molecule has 0 aromatic heterocycles. The molecule has 1 aromatic rings. The molecular formula is C17H25NO3. The number of carbonyl (C=O) groups is 1. The van der Waals surface area contributed by atoms with Gasteiger partial charge in [-0.3, -0.25) is 0 Å². The van der Waals surface area contributed by atoms with Gasteiger partial charge in [0.1, 0.15) is 5.60 Å². The minimum atomic E-state index is -0.516. The van der Waals surface area contributed by atoms with E-state index < -0.39 is 11.7 Å². The summed E-state index contributed by atoms with van der Waals surface area (Å²) in [6.07, 6.45) is -0.159. The molecule has 2 unspecified atom stereocenters. The van der Waals surface area contributed by atoms with Crippen molar-refractivity contribution in [2.24, 2.45) is 5.92 Å². The third-order valence-electron chi connectivity index (χ3n) is 3.79. The Balaban J connectivity index is 2.24. The molecule has 3 atom stereocenters.